The molecule has 1 rings (SSSR count). The lowest BCUT2D eigenvalue weighted by molar-refractivity contribution is 0.104. The lowest BCUT2D eigenvalue weighted by atomic mass is 9.85. The van der Waals surface area contributed by atoms with E-state index >= 15 is 0 Å². The molecule has 0 fully saturated rings. The molecule has 0 unspecified atom stereocenters. The second-order valence-electron chi connectivity index (χ2n) is 5.11. The highest BCUT2D eigenvalue weighted by molar-refractivity contribution is 6.23. The van der Waals surface area contributed by atoms with Crippen molar-refractivity contribution in [2.24, 2.45) is 0 Å². The van der Waals surface area contributed by atoms with E-state index in [-0.39, 0.29) is 5.78 Å². The molecule has 0 saturated carbocycles. The predicted octanol–water partition coefficient (Wildman–Crippen LogP) is 4.71. The van der Waals surface area contributed by atoms with Gasteiger partial charge in [0.15, 0.2) is 5.78 Å². The molecule has 0 heterocycles. The summed E-state index contributed by atoms with van der Waals surface area (Å²) in [7, 11) is 0. The zero-order valence-electron chi connectivity index (χ0n) is 11.9. The second kappa shape index (κ2) is 5.27. The summed E-state index contributed by atoms with van der Waals surface area (Å²) in [5.74, 6) is -0.00798. The number of benzene rings is 1. The molecule has 0 aliphatic heterocycles. The Balaban J connectivity index is 3.66. The monoisotopic (exact) mass is 264 g/mol. The van der Waals surface area contributed by atoms with Crippen molar-refractivity contribution in [2.75, 3.05) is 0 Å². The van der Waals surface area contributed by atoms with Crippen molar-refractivity contribution >= 4 is 17.4 Å². The minimum atomic E-state index is -0.422. The van der Waals surface area contributed by atoms with Crippen LogP contribution in [0.2, 0.25) is 0 Å². The topological polar surface area (TPSA) is 17.1 Å². The molecule has 0 spiro atoms. The summed E-state index contributed by atoms with van der Waals surface area (Å²) in [5, 5.41) is 0. The molecule has 0 aliphatic carbocycles. The van der Waals surface area contributed by atoms with Crippen molar-refractivity contribution in [3.63, 3.8) is 0 Å². The van der Waals surface area contributed by atoms with Gasteiger partial charge >= 0.3 is 0 Å². The molecule has 2 heteroatoms. The minimum Gasteiger partial charge on any atom is -0.289 e. The molecule has 0 radical (unpaired) electrons. The Bertz CT molecular complexity index is 493. The molecule has 1 aromatic carbocycles. The average molecular weight is 265 g/mol. The van der Waals surface area contributed by atoms with Gasteiger partial charge in [-0.05, 0) is 62.4 Å². The van der Waals surface area contributed by atoms with Crippen molar-refractivity contribution < 1.29 is 4.79 Å². The first-order valence-corrected chi connectivity index (χ1v) is 6.61. The molecule has 0 saturated heterocycles. The van der Waals surface area contributed by atoms with Crippen LogP contribution in [0.3, 0.4) is 0 Å². The number of ketones is 1. The molecule has 0 amide bonds. The maximum Gasteiger partial charge on any atom is 0.185 e. The number of carbonyl (C=O) groups excluding carboxylic acids is 1. The van der Waals surface area contributed by atoms with Gasteiger partial charge < -0.3 is 0 Å². The Morgan fingerprint density at radius 2 is 2.00 bits per heavy atom. The van der Waals surface area contributed by atoms with Crippen LogP contribution in [-0.2, 0) is 11.3 Å². The van der Waals surface area contributed by atoms with Crippen LogP contribution in [0.15, 0.2) is 18.7 Å². The smallest absolute Gasteiger partial charge is 0.185 e. The van der Waals surface area contributed by atoms with E-state index in [1.807, 2.05) is 33.8 Å². The van der Waals surface area contributed by atoms with Gasteiger partial charge in [-0.2, -0.15) is 0 Å². The van der Waals surface area contributed by atoms with E-state index < -0.39 is 4.87 Å². The van der Waals surface area contributed by atoms with Crippen LogP contribution in [0.25, 0.3) is 0 Å². The first-order chi connectivity index (χ1) is 8.23. The van der Waals surface area contributed by atoms with E-state index in [9.17, 15) is 4.79 Å². The second-order valence-corrected chi connectivity index (χ2v) is 6.06. The van der Waals surface area contributed by atoms with E-state index in [1.165, 1.54) is 6.08 Å². The van der Waals surface area contributed by atoms with Crippen LogP contribution in [0, 0.1) is 13.8 Å². The fourth-order valence-electron chi connectivity index (χ4n) is 2.49. The molecule has 1 nitrogen and oxygen atoms in total. The molecule has 0 bridgehead atoms. The summed E-state index contributed by atoms with van der Waals surface area (Å²) in [5.41, 5.74) is 5.07. The fraction of sp³-hybridized carbons (Fsp3) is 0.438. The van der Waals surface area contributed by atoms with Gasteiger partial charge in [0.05, 0.1) is 4.87 Å². The maximum absolute atomic E-state index is 12.0. The van der Waals surface area contributed by atoms with Gasteiger partial charge in [-0.15, -0.1) is 11.6 Å². The highest BCUT2D eigenvalue weighted by Gasteiger charge is 2.24. The lowest BCUT2D eigenvalue weighted by Gasteiger charge is -2.24. The Morgan fingerprint density at radius 3 is 2.39 bits per heavy atom. The Hall–Kier alpha value is -1.08. The summed E-state index contributed by atoms with van der Waals surface area (Å²) < 4.78 is 0. The molecule has 1 aromatic rings. The number of carbonyl (C=O) groups is 1. The van der Waals surface area contributed by atoms with Crippen LogP contribution < -0.4 is 0 Å². The standard InChI is InChI=1S/C16H21ClO/c1-7-12-11(4)13(16(5,6)17)9-10(3)15(12)14(18)8-2/h8-9H,2,7H2,1,3-6H3. The van der Waals surface area contributed by atoms with Crippen molar-refractivity contribution in [1.29, 1.82) is 0 Å². The summed E-state index contributed by atoms with van der Waals surface area (Å²) in [6.45, 7) is 13.6. The highest BCUT2D eigenvalue weighted by atomic mass is 35.5. The van der Waals surface area contributed by atoms with Crippen LogP contribution in [0.1, 0.15) is 53.4 Å². The third kappa shape index (κ3) is 2.67. The van der Waals surface area contributed by atoms with Crippen LogP contribution in [0.5, 0.6) is 0 Å². The number of hydrogen-bond acceptors (Lipinski definition) is 1. The lowest BCUT2D eigenvalue weighted by Crippen LogP contribution is -2.15. The number of rotatable bonds is 4. The van der Waals surface area contributed by atoms with Gasteiger partial charge in [0.1, 0.15) is 0 Å². The quantitative estimate of drug-likeness (QED) is 0.437. The number of halogens is 1. The van der Waals surface area contributed by atoms with E-state index in [0.29, 0.717) is 0 Å². The van der Waals surface area contributed by atoms with Gasteiger partial charge in [-0.25, -0.2) is 0 Å². The SMILES string of the molecule is C=CC(=O)c1c(C)cc(C(C)(C)Cl)c(C)c1CC. The summed E-state index contributed by atoms with van der Waals surface area (Å²) in [6.07, 6.45) is 2.20. The number of alkyl halides is 1. The van der Waals surface area contributed by atoms with Crippen LogP contribution in [-0.4, -0.2) is 5.78 Å². The van der Waals surface area contributed by atoms with Gasteiger partial charge in [0.2, 0.25) is 0 Å². The van der Waals surface area contributed by atoms with Crippen molar-refractivity contribution in [3.8, 4) is 0 Å². The first-order valence-electron chi connectivity index (χ1n) is 6.23. The van der Waals surface area contributed by atoms with Crippen molar-refractivity contribution in [1.82, 2.24) is 0 Å². The predicted molar refractivity (Wildman–Crippen MR) is 78.7 cm³/mol. The Labute approximate surface area is 115 Å². The molecule has 0 atom stereocenters. The number of allylic oxidation sites excluding steroid dienone is 1. The van der Waals surface area contributed by atoms with Crippen molar-refractivity contribution in [2.45, 2.75) is 45.9 Å². The van der Waals surface area contributed by atoms with Gasteiger partial charge in [0.25, 0.3) is 0 Å². The number of hydrogen-bond donors (Lipinski definition) is 0. The Morgan fingerprint density at radius 1 is 1.44 bits per heavy atom. The average Bonchev–Trinajstić information content (AvgIpc) is 2.28. The Kier molecular flexibility index (Phi) is 4.39. The zero-order chi connectivity index (χ0) is 14.1. The molecular weight excluding hydrogens is 244 g/mol. The number of aryl methyl sites for hydroxylation is 1. The third-order valence-electron chi connectivity index (χ3n) is 3.34. The molecule has 18 heavy (non-hydrogen) atoms. The first kappa shape index (κ1) is 15.0. The summed E-state index contributed by atoms with van der Waals surface area (Å²) in [6, 6.07) is 2.03. The van der Waals surface area contributed by atoms with E-state index in [4.69, 9.17) is 11.6 Å². The fourth-order valence-corrected chi connectivity index (χ4v) is 2.69. The van der Waals surface area contributed by atoms with Crippen LogP contribution >= 0.6 is 11.6 Å². The van der Waals surface area contributed by atoms with Crippen LogP contribution in [0.4, 0.5) is 0 Å². The summed E-state index contributed by atoms with van der Waals surface area (Å²) in [4.78, 5) is 11.6. The molecule has 98 valence electrons. The molecule has 0 N–H and O–H groups in total. The van der Waals surface area contributed by atoms with E-state index in [1.54, 1.807) is 0 Å². The molecule has 0 aromatic heterocycles. The molecular formula is C16H21ClO. The van der Waals surface area contributed by atoms with Crippen molar-refractivity contribution in [3.05, 3.63) is 46.5 Å². The molecule has 0 aliphatic rings. The highest BCUT2D eigenvalue weighted by Crippen LogP contribution is 2.35. The zero-order valence-corrected chi connectivity index (χ0v) is 12.6. The van der Waals surface area contributed by atoms with Gasteiger partial charge in [-0.3, -0.25) is 4.79 Å². The van der Waals surface area contributed by atoms with E-state index in [0.717, 1.165) is 34.2 Å². The van der Waals surface area contributed by atoms with Gasteiger partial charge in [-0.1, -0.05) is 19.6 Å². The largest absolute Gasteiger partial charge is 0.289 e. The minimum absolute atomic E-state index is 0.00798. The third-order valence-corrected chi connectivity index (χ3v) is 3.54. The van der Waals surface area contributed by atoms with E-state index in [2.05, 4.69) is 13.5 Å². The normalized spacial score (nSPS) is 11.4. The maximum atomic E-state index is 12.0. The van der Waals surface area contributed by atoms with Gasteiger partial charge in [0, 0.05) is 5.56 Å². The summed E-state index contributed by atoms with van der Waals surface area (Å²) >= 11 is 6.43.